The Kier molecular flexibility index (Phi) is 5.62. The van der Waals surface area contributed by atoms with Crippen LogP contribution in [0.1, 0.15) is 92.4 Å². The number of fused-ring (bicyclic) bond motifs is 5. The summed E-state index contributed by atoms with van der Waals surface area (Å²) >= 11 is 0. The van der Waals surface area contributed by atoms with Crippen LogP contribution in [0.3, 0.4) is 0 Å². The molecule has 3 saturated carbocycles. The van der Waals surface area contributed by atoms with Crippen molar-refractivity contribution in [2.24, 2.45) is 46.3 Å². The highest BCUT2D eigenvalue weighted by Gasteiger charge is 2.58. The number of rotatable bonds is 4. The quantitative estimate of drug-likeness (QED) is 0.510. The Hall–Kier alpha value is -0.560. The van der Waals surface area contributed by atoms with Crippen molar-refractivity contribution in [2.45, 2.75) is 98.5 Å². The lowest BCUT2D eigenvalue weighted by molar-refractivity contribution is -0.0565. The van der Waals surface area contributed by atoms with E-state index in [1.165, 1.54) is 44.9 Å². The third-order valence-electron chi connectivity index (χ3n) is 9.87. The Bertz CT molecular complexity index is 630. The molecule has 0 aliphatic heterocycles. The summed E-state index contributed by atoms with van der Waals surface area (Å²) in [5, 5.41) is 10.2. The molecule has 0 spiro atoms. The first-order valence-electron chi connectivity index (χ1n) is 12.3. The van der Waals surface area contributed by atoms with Gasteiger partial charge in [-0.25, -0.2) is 0 Å². The number of allylic oxidation sites excluding steroid dienone is 3. The van der Waals surface area contributed by atoms with Crippen LogP contribution in [0.4, 0.5) is 0 Å². The third kappa shape index (κ3) is 3.34. The van der Waals surface area contributed by atoms with Crippen LogP contribution in [0.5, 0.6) is 0 Å². The molecule has 4 aliphatic carbocycles. The molecule has 0 heterocycles. The summed E-state index contributed by atoms with van der Waals surface area (Å²) in [6.07, 6.45) is 18.9. The monoisotopic (exact) mass is 384 g/mol. The van der Waals surface area contributed by atoms with Crippen LogP contribution in [0.15, 0.2) is 23.8 Å². The highest BCUT2D eigenvalue weighted by atomic mass is 16.3. The Balaban J connectivity index is 1.52. The summed E-state index contributed by atoms with van der Waals surface area (Å²) in [7, 11) is 0. The Morgan fingerprint density at radius 2 is 1.86 bits per heavy atom. The zero-order chi connectivity index (χ0) is 20.1. The van der Waals surface area contributed by atoms with Gasteiger partial charge >= 0.3 is 0 Å². The van der Waals surface area contributed by atoms with Crippen molar-refractivity contribution in [3.05, 3.63) is 23.8 Å². The van der Waals surface area contributed by atoms with Gasteiger partial charge in [0.1, 0.15) is 0 Å². The zero-order valence-electron chi connectivity index (χ0n) is 19.1. The molecular formula is C27H44O. The van der Waals surface area contributed by atoms with E-state index in [4.69, 9.17) is 0 Å². The summed E-state index contributed by atoms with van der Waals surface area (Å²) < 4.78 is 0. The summed E-state index contributed by atoms with van der Waals surface area (Å²) in [6.45, 7) is 12.3. The molecule has 0 radical (unpaired) electrons. The molecule has 0 bridgehead atoms. The van der Waals surface area contributed by atoms with Crippen molar-refractivity contribution >= 4 is 0 Å². The lowest BCUT2D eigenvalue weighted by atomic mass is 9.47. The predicted octanol–water partition coefficient (Wildman–Crippen LogP) is 7.16. The molecule has 4 aliphatic rings. The van der Waals surface area contributed by atoms with Crippen LogP contribution in [0.2, 0.25) is 0 Å². The summed E-state index contributed by atoms with van der Waals surface area (Å²) in [6, 6.07) is 0. The molecule has 8 atom stereocenters. The summed E-state index contributed by atoms with van der Waals surface area (Å²) in [5.41, 5.74) is 2.55. The smallest absolute Gasteiger partial charge is 0.0577 e. The fraction of sp³-hybridized carbons (Fsp3) is 0.852. The van der Waals surface area contributed by atoms with Crippen LogP contribution < -0.4 is 0 Å². The molecule has 0 aromatic heterocycles. The van der Waals surface area contributed by atoms with Crippen LogP contribution in [-0.2, 0) is 0 Å². The fourth-order valence-electron chi connectivity index (χ4n) is 8.35. The van der Waals surface area contributed by atoms with Gasteiger partial charge in [0.2, 0.25) is 0 Å². The lowest BCUT2D eigenvalue weighted by Crippen LogP contribution is -2.50. The van der Waals surface area contributed by atoms with Gasteiger partial charge in [0.15, 0.2) is 0 Å². The normalized spacial score (nSPS) is 46.8. The number of hydrogen-bond acceptors (Lipinski definition) is 1. The van der Waals surface area contributed by atoms with Crippen molar-refractivity contribution < 1.29 is 5.11 Å². The van der Waals surface area contributed by atoms with Crippen molar-refractivity contribution in [1.82, 2.24) is 0 Å². The highest BCUT2D eigenvalue weighted by Crippen LogP contribution is 2.67. The fourth-order valence-corrected chi connectivity index (χ4v) is 8.35. The topological polar surface area (TPSA) is 20.2 Å². The average Bonchev–Trinajstić information content (AvgIpc) is 2.99. The van der Waals surface area contributed by atoms with E-state index in [2.05, 4.69) is 52.8 Å². The molecule has 0 saturated heterocycles. The second-order valence-corrected chi connectivity index (χ2v) is 11.8. The molecule has 4 rings (SSSR count). The van der Waals surface area contributed by atoms with Gasteiger partial charge in [-0.15, -0.1) is 0 Å². The van der Waals surface area contributed by atoms with Crippen LogP contribution in [0, 0.1) is 46.3 Å². The molecule has 4 unspecified atom stereocenters. The molecule has 0 aromatic carbocycles. The maximum Gasteiger partial charge on any atom is 0.0577 e. The van der Waals surface area contributed by atoms with Gasteiger partial charge in [-0.1, -0.05) is 58.4 Å². The zero-order valence-corrected chi connectivity index (χ0v) is 19.1. The highest BCUT2D eigenvalue weighted by molar-refractivity contribution is 5.25. The minimum absolute atomic E-state index is 0.0830. The molecular weight excluding hydrogens is 340 g/mol. The second kappa shape index (κ2) is 7.60. The third-order valence-corrected chi connectivity index (χ3v) is 9.87. The van der Waals surface area contributed by atoms with E-state index < -0.39 is 0 Å². The maximum absolute atomic E-state index is 10.2. The van der Waals surface area contributed by atoms with Gasteiger partial charge in [0.25, 0.3) is 0 Å². The van der Waals surface area contributed by atoms with Gasteiger partial charge in [0, 0.05) is 0 Å². The molecule has 158 valence electrons. The first-order chi connectivity index (χ1) is 13.3. The van der Waals surface area contributed by atoms with Gasteiger partial charge in [-0.3, -0.25) is 0 Å². The number of aliphatic hydroxyl groups excluding tert-OH is 1. The van der Waals surface area contributed by atoms with E-state index in [-0.39, 0.29) is 6.10 Å². The van der Waals surface area contributed by atoms with E-state index in [9.17, 15) is 5.11 Å². The van der Waals surface area contributed by atoms with Gasteiger partial charge in [-0.05, 0) is 104 Å². The average molecular weight is 385 g/mol. The Morgan fingerprint density at radius 3 is 2.61 bits per heavy atom. The van der Waals surface area contributed by atoms with Crippen molar-refractivity contribution in [2.75, 3.05) is 0 Å². The maximum atomic E-state index is 10.2. The SMILES string of the molecule is CC(C)/C=C/C[C@@H](C)C1CCC2C3CC=C4C[C@@H](O)CC[C@]4(C)C3CC[C@@]21C. The van der Waals surface area contributed by atoms with Crippen LogP contribution in [0.25, 0.3) is 0 Å². The minimum Gasteiger partial charge on any atom is -0.393 e. The van der Waals surface area contributed by atoms with Crippen LogP contribution in [-0.4, -0.2) is 11.2 Å². The van der Waals surface area contributed by atoms with Gasteiger partial charge in [0.05, 0.1) is 6.10 Å². The van der Waals surface area contributed by atoms with E-state index in [0.717, 1.165) is 42.4 Å². The van der Waals surface area contributed by atoms with Crippen molar-refractivity contribution in [3.63, 3.8) is 0 Å². The molecule has 1 nitrogen and oxygen atoms in total. The van der Waals surface area contributed by atoms with Crippen molar-refractivity contribution in [1.29, 1.82) is 0 Å². The molecule has 3 fully saturated rings. The minimum atomic E-state index is -0.0830. The second-order valence-electron chi connectivity index (χ2n) is 11.8. The summed E-state index contributed by atoms with van der Waals surface area (Å²) in [5.74, 6) is 5.08. The Morgan fingerprint density at radius 1 is 1.07 bits per heavy atom. The molecule has 1 N–H and O–H groups in total. The van der Waals surface area contributed by atoms with E-state index >= 15 is 0 Å². The Labute approximate surface area is 174 Å². The molecule has 28 heavy (non-hydrogen) atoms. The first kappa shape index (κ1) is 20.7. The van der Waals surface area contributed by atoms with Crippen LogP contribution >= 0.6 is 0 Å². The molecule has 1 heteroatoms. The largest absolute Gasteiger partial charge is 0.393 e. The summed E-state index contributed by atoms with van der Waals surface area (Å²) in [4.78, 5) is 0. The van der Waals surface area contributed by atoms with Gasteiger partial charge < -0.3 is 5.11 Å². The number of aliphatic hydroxyl groups is 1. The van der Waals surface area contributed by atoms with E-state index in [1.807, 2.05) is 0 Å². The molecule has 0 amide bonds. The first-order valence-corrected chi connectivity index (χ1v) is 12.3. The lowest BCUT2D eigenvalue weighted by Gasteiger charge is -2.58. The molecule has 0 aromatic rings. The predicted molar refractivity (Wildman–Crippen MR) is 119 cm³/mol. The van der Waals surface area contributed by atoms with E-state index in [0.29, 0.717) is 16.7 Å². The number of hydrogen-bond donors (Lipinski definition) is 1. The van der Waals surface area contributed by atoms with E-state index in [1.54, 1.807) is 5.57 Å². The standard InChI is InChI=1S/C27H44O/c1-18(2)7-6-8-19(3)23-11-12-24-22-10-9-20-17-21(28)13-15-26(20,4)25(22)14-16-27(23,24)5/h6-7,9,18-19,21-25,28H,8,10-17H2,1-5H3/b7-6+/t19-,21+,22?,23?,24?,25?,26+,27-/m1/s1. The van der Waals surface area contributed by atoms with Gasteiger partial charge in [-0.2, -0.15) is 0 Å². The van der Waals surface area contributed by atoms with Crippen molar-refractivity contribution in [3.8, 4) is 0 Å².